The monoisotopic (exact) mass is 270 g/mol. The fourth-order valence-electron chi connectivity index (χ4n) is 1.88. The Morgan fingerprint density at radius 2 is 2.00 bits per heavy atom. The van der Waals surface area contributed by atoms with Crippen molar-refractivity contribution in [2.24, 2.45) is 10.9 Å². The highest BCUT2D eigenvalue weighted by Gasteiger charge is 2.04. The molecule has 0 aliphatic carbocycles. The van der Waals surface area contributed by atoms with E-state index in [4.69, 9.17) is 10.9 Å². The van der Waals surface area contributed by atoms with E-state index >= 15 is 0 Å². The zero-order valence-corrected chi connectivity index (χ0v) is 11.4. The Kier molecular flexibility index (Phi) is 4.55. The fraction of sp³-hybridized carbons (Fsp3) is 0.200. The maximum Gasteiger partial charge on any atom is 0.171 e. The number of likely N-dealkylation sites (N-methyl/N-ethyl adjacent to an activating group) is 1. The van der Waals surface area contributed by atoms with E-state index in [1.54, 1.807) is 12.3 Å². The van der Waals surface area contributed by atoms with Gasteiger partial charge in [0.1, 0.15) is 5.82 Å². The number of anilines is 1. The van der Waals surface area contributed by atoms with Crippen LogP contribution < -0.4 is 10.6 Å². The maximum atomic E-state index is 8.60. The second-order valence-electron chi connectivity index (χ2n) is 4.55. The van der Waals surface area contributed by atoms with Gasteiger partial charge in [-0.25, -0.2) is 4.98 Å². The number of amidine groups is 1. The molecule has 104 valence electrons. The van der Waals surface area contributed by atoms with Crippen molar-refractivity contribution in [2.45, 2.75) is 6.42 Å². The zero-order chi connectivity index (χ0) is 14.4. The van der Waals surface area contributed by atoms with E-state index in [1.165, 1.54) is 5.56 Å². The third-order valence-electron chi connectivity index (χ3n) is 3.12. The van der Waals surface area contributed by atoms with Crippen molar-refractivity contribution in [1.29, 1.82) is 0 Å². The van der Waals surface area contributed by atoms with Crippen LogP contribution >= 0.6 is 0 Å². The van der Waals surface area contributed by atoms with Crippen molar-refractivity contribution in [1.82, 2.24) is 4.98 Å². The molecule has 0 spiro atoms. The summed E-state index contributed by atoms with van der Waals surface area (Å²) in [6.07, 6.45) is 2.56. The van der Waals surface area contributed by atoms with Gasteiger partial charge in [-0.1, -0.05) is 35.5 Å². The van der Waals surface area contributed by atoms with Crippen LogP contribution in [0.4, 0.5) is 5.82 Å². The molecule has 0 fully saturated rings. The molecule has 0 saturated heterocycles. The average molecular weight is 270 g/mol. The summed E-state index contributed by atoms with van der Waals surface area (Å²) in [7, 11) is 1.99. The molecule has 1 heterocycles. The van der Waals surface area contributed by atoms with Gasteiger partial charge in [-0.05, 0) is 24.1 Å². The van der Waals surface area contributed by atoms with Crippen LogP contribution in [0.2, 0.25) is 0 Å². The predicted molar refractivity (Wildman–Crippen MR) is 80.2 cm³/mol. The summed E-state index contributed by atoms with van der Waals surface area (Å²) in [6, 6.07) is 14.0. The number of hydrogen-bond donors (Lipinski definition) is 2. The normalized spacial score (nSPS) is 11.3. The molecule has 1 aromatic heterocycles. The van der Waals surface area contributed by atoms with Crippen LogP contribution in [-0.4, -0.2) is 29.6 Å². The molecule has 3 N–H and O–H groups in total. The van der Waals surface area contributed by atoms with Crippen molar-refractivity contribution in [3.8, 4) is 0 Å². The number of nitrogens with zero attached hydrogens (tertiary/aromatic N) is 3. The van der Waals surface area contributed by atoms with Crippen molar-refractivity contribution < 1.29 is 5.21 Å². The molecule has 0 unspecified atom stereocenters. The largest absolute Gasteiger partial charge is 0.409 e. The van der Waals surface area contributed by atoms with Gasteiger partial charge in [0.25, 0.3) is 0 Å². The smallest absolute Gasteiger partial charge is 0.171 e. The molecular weight excluding hydrogens is 252 g/mol. The summed E-state index contributed by atoms with van der Waals surface area (Å²) in [5.74, 6) is 0.923. The number of pyridine rings is 1. The number of aromatic nitrogens is 1. The third kappa shape index (κ3) is 3.47. The molecular formula is C15H18N4O. The van der Waals surface area contributed by atoms with Crippen molar-refractivity contribution >= 4 is 11.7 Å². The molecule has 1 aromatic carbocycles. The van der Waals surface area contributed by atoms with Crippen LogP contribution in [0.5, 0.6) is 0 Å². The van der Waals surface area contributed by atoms with Gasteiger partial charge >= 0.3 is 0 Å². The molecule has 0 bridgehead atoms. The fourth-order valence-corrected chi connectivity index (χ4v) is 1.88. The summed E-state index contributed by atoms with van der Waals surface area (Å²) in [5.41, 5.74) is 7.40. The maximum absolute atomic E-state index is 8.60. The summed E-state index contributed by atoms with van der Waals surface area (Å²) in [5, 5.41) is 11.6. The predicted octanol–water partition coefficient (Wildman–Crippen LogP) is 1.85. The van der Waals surface area contributed by atoms with Crippen LogP contribution in [0.3, 0.4) is 0 Å². The van der Waals surface area contributed by atoms with Gasteiger partial charge in [-0.15, -0.1) is 0 Å². The minimum Gasteiger partial charge on any atom is -0.409 e. The van der Waals surface area contributed by atoms with Crippen molar-refractivity contribution in [3.63, 3.8) is 0 Å². The van der Waals surface area contributed by atoms with E-state index < -0.39 is 0 Å². The highest BCUT2D eigenvalue weighted by Crippen LogP contribution is 2.10. The lowest BCUT2D eigenvalue weighted by atomic mass is 10.1. The van der Waals surface area contributed by atoms with Crippen LogP contribution in [-0.2, 0) is 6.42 Å². The van der Waals surface area contributed by atoms with Gasteiger partial charge in [-0.2, -0.15) is 0 Å². The minimum absolute atomic E-state index is 0.0657. The standard InChI is InChI=1S/C15H18N4O/c1-19(10-9-12-5-3-2-4-6-12)14-8-7-13(11-17-14)15(16)18-20/h2-8,11,20H,9-10H2,1H3,(H2,16,18). The van der Waals surface area contributed by atoms with Gasteiger partial charge in [-0.3, -0.25) is 0 Å². The average Bonchev–Trinajstić information content (AvgIpc) is 2.53. The van der Waals surface area contributed by atoms with Crippen LogP contribution in [0, 0.1) is 0 Å². The third-order valence-corrected chi connectivity index (χ3v) is 3.12. The van der Waals surface area contributed by atoms with E-state index in [0.29, 0.717) is 5.56 Å². The Labute approximate surface area is 118 Å². The lowest BCUT2D eigenvalue weighted by molar-refractivity contribution is 0.318. The van der Waals surface area contributed by atoms with E-state index in [-0.39, 0.29) is 5.84 Å². The Balaban J connectivity index is 1.97. The first-order valence-corrected chi connectivity index (χ1v) is 6.39. The number of hydrogen-bond acceptors (Lipinski definition) is 4. The summed E-state index contributed by atoms with van der Waals surface area (Å²) >= 11 is 0. The van der Waals surface area contributed by atoms with E-state index in [2.05, 4.69) is 27.2 Å². The molecule has 20 heavy (non-hydrogen) atoms. The summed E-state index contributed by atoms with van der Waals surface area (Å²) in [4.78, 5) is 6.39. The number of benzene rings is 1. The van der Waals surface area contributed by atoms with E-state index in [9.17, 15) is 0 Å². The SMILES string of the molecule is CN(CCc1ccccc1)c1ccc(C(N)=NO)cn1. The molecule has 5 nitrogen and oxygen atoms in total. The number of nitrogens with two attached hydrogens (primary N) is 1. The molecule has 0 aliphatic heterocycles. The van der Waals surface area contributed by atoms with Crippen LogP contribution in [0.25, 0.3) is 0 Å². The highest BCUT2D eigenvalue weighted by molar-refractivity contribution is 5.96. The molecule has 0 atom stereocenters. The first-order chi connectivity index (χ1) is 9.70. The lowest BCUT2D eigenvalue weighted by Gasteiger charge is -2.18. The van der Waals surface area contributed by atoms with E-state index in [0.717, 1.165) is 18.8 Å². The quantitative estimate of drug-likeness (QED) is 0.376. The Morgan fingerprint density at radius 3 is 2.60 bits per heavy atom. The minimum atomic E-state index is 0.0657. The van der Waals surface area contributed by atoms with Crippen molar-refractivity contribution in [2.75, 3.05) is 18.5 Å². The molecule has 2 aromatic rings. The summed E-state index contributed by atoms with van der Waals surface area (Å²) in [6.45, 7) is 0.875. The van der Waals surface area contributed by atoms with Gasteiger partial charge in [0.2, 0.25) is 0 Å². The van der Waals surface area contributed by atoms with Gasteiger partial charge in [0.15, 0.2) is 5.84 Å². The molecule has 0 amide bonds. The van der Waals surface area contributed by atoms with E-state index in [1.807, 2.05) is 31.3 Å². The molecule has 5 heteroatoms. The second kappa shape index (κ2) is 6.56. The van der Waals surface area contributed by atoms with Gasteiger partial charge in [0.05, 0.1) is 0 Å². The zero-order valence-electron chi connectivity index (χ0n) is 11.4. The Morgan fingerprint density at radius 1 is 1.25 bits per heavy atom. The highest BCUT2D eigenvalue weighted by atomic mass is 16.4. The van der Waals surface area contributed by atoms with Crippen LogP contribution in [0.15, 0.2) is 53.8 Å². The molecule has 0 radical (unpaired) electrons. The number of oxime groups is 1. The molecule has 0 saturated carbocycles. The van der Waals surface area contributed by atoms with Gasteiger partial charge in [0, 0.05) is 25.4 Å². The second-order valence-corrected chi connectivity index (χ2v) is 4.55. The van der Waals surface area contributed by atoms with Gasteiger partial charge < -0.3 is 15.8 Å². The molecule has 0 aliphatic rings. The van der Waals surface area contributed by atoms with Crippen molar-refractivity contribution in [3.05, 3.63) is 59.8 Å². The van der Waals surface area contributed by atoms with Crippen LogP contribution in [0.1, 0.15) is 11.1 Å². The first kappa shape index (κ1) is 13.9. The molecule has 2 rings (SSSR count). The first-order valence-electron chi connectivity index (χ1n) is 6.39. The Bertz CT molecular complexity index is 566. The Hall–Kier alpha value is -2.56. The summed E-state index contributed by atoms with van der Waals surface area (Å²) < 4.78 is 0. The topological polar surface area (TPSA) is 74.7 Å². The number of rotatable bonds is 5. The lowest BCUT2D eigenvalue weighted by Crippen LogP contribution is -2.22.